The molecule has 0 atom stereocenters. The molecule has 6 aromatic carbocycles. The van der Waals surface area contributed by atoms with Crippen molar-refractivity contribution < 1.29 is 0 Å². The molecule has 2 heteroatoms. The Morgan fingerprint density at radius 2 is 1.14 bits per heavy atom. The molecule has 0 unspecified atom stereocenters. The Bertz CT molecular complexity index is 2140. The molecule has 0 spiro atoms. The lowest BCUT2D eigenvalue weighted by Gasteiger charge is -2.34. The van der Waals surface area contributed by atoms with E-state index in [0.29, 0.717) is 5.56 Å². The second kappa shape index (κ2) is 9.94. The predicted octanol–water partition coefficient (Wildman–Crippen LogP) is 9.80. The van der Waals surface area contributed by atoms with Crippen LogP contribution < -0.4 is 0 Å². The van der Waals surface area contributed by atoms with Crippen LogP contribution in [-0.4, -0.2) is 4.98 Å². The molecule has 7 aromatic rings. The summed E-state index contributed by atoms with van der Waals surface area (Å²) in [4.78, 5) is 4.68. The molecule has 2 nitrogen and oxygen atoms in total. The number of nitrogens with zero attached hydrogens (tertiary/aromatic N) is 2. The third kappa shape index (κ3) is 3.76. The zero-order valence-corrected chi connectivity index (χ0v) is 23.4. The van der Waals surface area contributed by atoms with Gasteiger partial charge in [0.2, 0.25) is 0 Å². The van der Waals surface area contributed by atoms with Gasteiger partial charge in [-0.25, -0.2) is 0 Å². The van der Waals surface area contributed by atoms with E-state index < -0.39 is 5.41 Å². The van der Waals surface area contributed by atoms with Crippen LogP contribution in [0.25, 0.3) is 44.3 Å². The van der Waals surface area contributed by atoms with Crippen LogP contribution in [0.4, 0.5) is 0 Å². The summed E-state index contributed by atoms with van der Waals surface area (Å²) in [6.07, 6.45) is 1.72. The standard InChI is InChI=1S/C41H26N2/c42-27-28-22-23-43-39(24-28)30-20-21-35-37(25-30)41(31-14-6-2-7-15-31,32-16-8-3-9-17-32)38-26-36(29-12-4-1-5-13-29)33-18-10-11-19-34(33)40(35)38/h1-26H. The van der Waals surface area contributed by atoms with E-state index in [1.165, 1.54) is 55.3 Å². The largest absolute Gasteiger partial charge is 0.256 e. The number of nitriles is 1. The van der Waals surface area contributed by atoms with Crippen molar-refractivity contribution in [3.63, 3.8) is 0 Å². The Morgan fingerprint density at radius 3 is 1.81 bits per heavy atom. The van der Waals surface area contributed by atoms with Crippen LogP contribution in [0.5, 0.6) is 0 Å². The highest BCUT2D eigenvalue weighted by Crippen LogP contribution is 2.59. The molecule has 200 valence electrons. The van der Waals surface area contributed by atoms with Crippen molar-refractivity contribution in [1.82, 2.24) is 4.98 Å². The molecule has 0 amide bonds. The van der Waals surface area contributed by atoms with Gasteiger partial charge in [-0.15, -0.1) is 0 Å². The number of aromatic nitrogens is 1. The highest BCUT2D eigenvalue weighted by Gasteiger charge is 2.47. The van der Waals surface area contributed by atoms with Crippen LogP contribution in [0.2, 0.25) is 0 Å². The molecule has 0 bridgehead atoms. The summed E-state index contributed by atoms with van der Waals surface area (Å²) in [6.45, 7) is 0. The number of rotatable bonds is 4. The average molecular weight is 547 g/mol. The Kier molecular flexibility index (Phi) is 5.77. The molecule has 1 aromatic heterocycles. The number of hydrogen-bond donors (Lipinski definition) is 0. The van der Waals surface area contributed by atoms with E-state index in [1.807, 2.05) is 6.07 Å². The minimum Gasteiger partial charge on any atom is -0.256 e. The molecule has 8 rings (SSSR count). The van der Waals surface area contributed by atoms with Crippen LogP contribution in [0.3, 0.4) is 0 Å². The van der Waals surface area contributed by atoms with E-state index in [0.717, 1.165) is 11.3 Å². The fraction of sp³-hybridized carbons (Fsp3) is 0.0244. The maximum Gasteiger partial charge on any atom is 0.0992 e. The van der Waals surface area contributed by atoms with Crippen molar-refractivity contribution in [2.75, 3.05) is 0 Å². The summed E-state index contributed by atoms with van der Waals surface area (Å²) in [5, 5.41) is 12.1. The lowest BCUT2D eigenvalue weighted by Crippen LogP contribution is -2.28. The van der Waals surface area contributed by atoms with E-state index in [2.05, 4.69) is 151 Å². The molecule has 0 aliphatic heterocycles. The Balaban J connectivity index is 1.55. The first kappa shape index (κ1) is 25.0. The van der Waals surface area contributed by atoms with Crippen molar-refractivity contribution >= 4 is 10.8 Å². The first-order valence-electron chi connectivity index (χ1n) is 14.5. The summed E-state index contributed by atoms with van der Waals surface area (Å²) in [6, 6.07) is 56.3. The lowest BCUT2D eigenvalue weighted by atomic mass is 9.67. The second-order valence-electron chi connectivity index (χ2n) is 11.0. The molecular formula is C41H26N2. The highest BCUT2D eigenvalue weighted by atomic mass is 14.7. The molecule has 43 heavy (non-hydrogen) atoms. The van der Waals surface area contributed by atoms with Crippen LogP contribution in [0.1, 0.15) is 27.8 Å². The smallest absolute Gasteiger partial charge is 0.0992 e. The van der Waals surface area contributed by atoms with Gasteiger partial charge in [-0.1, -0.05) is 127 Å². The van der Waals surface area contributed by atoms with Gasteiger partial charge in [0.25, 0.3) is 0 Å². The fourth-order valence-electron chi connectivity index (χ4n) is 7.02. The fourth-order valence-corrected chi connectivity index (χ4v) is 7.02. The summed E-state index contributed by atoms with van der Waals surface area (Å²) in [5.74, 6) is 0. The molecule has 1 aliphatic rings. The Morgan fingerprint density at radius 1 is 0.512 bits per heavy atom. The molecule has 0 N–H and O–H groups in total. The summed E-state index contributed by atoms with van der Waals surface area (Å²) in [7, 11) is 0. The van der Waals surface area contributed by atoms with E-state index in [1.54, 1.807) is 12.3 Å². The highest BCUT2D eigenvalue weighted by molar-refractivity contribution is 6.10. The Hall–Kier alpha value is -5.78. The van der Waals surface area contributed by atoms with Crippen LogP contribution in [0.15, 0.2) is 158 Å². The summed E-state index contributed by atoms with van der Waals surface area (Å²) < 4.78 is 0. The number of hydrogen-bond acceptors (Lipinski definition) is 2. The van der Waals surface area contributed by atoms with Gasteiger partial charge in [-0.2, -0.15) is 5.26 Å². The first-order valence-corrected chi connectivity index (χ1v) is 14.5. The molecule has 0 radical (unpaired) electrons. The third-order valence-corrected chi connectivity index (χ3v) is 8.82. The predicted molar refractivity (Wildman–Crippen MR) is 175 cm³/mol. The van der Waals surface area contributed by atoms with Gasteiger partial charge in [0, 0.05) is 11.8 Å². The van der Waals surface area contributed by atoms with Crippen molar-refractivity contribution in [3.8, 4) is 39.6 Å². The molecule has 1 heterocycles. The quantitative estimate of drug-likeness (QED) is 0.220. The van der Waals surface area contributed by atoms with Gasteiger partial charge < -0.3 is 0 Å². The van der Waals surface area contributed by atoms with Gasteiger partial charge in [0.15, 0.2) is 0 Å². The topological polar surface area (TPSA) is 36.7 Å². The van der Waals surface area contributed by atoms with E-state index in [9.17, 15) is 5.26 Å². The van der Waals surface area contributed by atoms with Gasteiger partial charge in [0.1, 0.15) is 0 Å². The van der Waals surface area contributed by atoms with Crippen LogP contribution >= 0.6 is 0 Å². The number of pyridine rings is 1. The molecule has 0 saturated heterocycles. The van der Waals surface area contributed by atoms with Gasteiger partial charge in [0.05, 0.1) is 22.7 Å². The van der Waals surface area contributed by atoms with Crippen LogP contribution in [0, 0.1) is 11.3 Å². The average Bonchev–Trinajstić information content (AvgIpc) is 3.39. The van der Waals surface area contributed by atoms with E-state index in [4.69, 9.17) is 0 Å². The molecule has 0 saturated carbocycles. The monoisotopic (exact) mass is 546 g/mol. The molecular weight excluding hydrogens is 520 g/mol. The third-order valence-electron chi connectivity index (χ3n) is 8.82. The van der Waals surface area contributed by atoms with Crippen LogP contribution in [-0.2, 0) is 5.41 Å². The maximum absolute atomic E-state index is 9.61. The zero-order chi connectivity index (χ0) is 28.8. The SMILES string of the molecule is N#Cc1ccnc(-c2ccc3c(c2)C(c2ccccc2)(c2ccccc2)c2cc(-c4ccccc4)c4ccccc4c2-3)c1. The second-order valence-corrected chi connectivity index (χ2v) is 11.0. The Labute approximate surface area is 251 Å². The van der Waals surface area contributed by atoms with Gasteiger partial charge in [-0.05, 0) is 79.5 Å². The summed E-state index contributed by atoms with van der Waals surface area (Å²) >= 11 is 0. The minimum absolute atomic E-state index is 0.566. The number of fused-ring (bicyclic) bond motifs is 5. The van der Waals surface area contributed by atoms with E-state index in [-0.39, 0.29) is 0 Å². The maximum atomic E-state index is 9.61. The van der Waals surface area contributed by atoms with Crippen molar-refractivity contribution in [2.24, 2.45) is 0 Å². The van der Waals surface area contributed by atoms with E-state index >= 15 is 0 Å². The zero-order valence-electron chi connectivity index (χ0n) is 23.4. The van der Waals surface area contributed by atoms with Gasteiger partial charge in [-0.3, -0.25) is 4.98 Å². The van der Waals surface area contributed by atoms with Crippen molar-refractivity contribution in [3.05, 3.63) is 186 Å². The molecule has 0 fully saturated rings. The minimum atomic E-state index is -0.566. The van der Waals surface area contributed by atoms with Gasteiger partial charge >= 0.3 is 0 Å². The summed E-state index contributed by atoms with van der Waals surface area (Å²) in [5.41, 5.74) is 11.7. The number of benzene rings is 6. The van der Waals surface area contributed by atoms with Crippen molar-refractivity contribution in [1.29, 1.82) is 5.26 Å². The van der Waals surface area contributed by atoms with Crippen molar-refractivity contribution in [2.45, 2.75) is 5.41 Å². The lowest BCUT2D eigenvalue weighted by molar-refractivity contribution is 0.769. The normalized spacial score (nSPS) is 12.8. The first-order chi connectivity index (χ1) is 21.3. The molecule has 1 aliphatic carbocycles.